The van der Waals surface area contributed by atoms with Gasteiger partial charge in [-0.2, -0.15) is 0 Å². The summed E-state index contributed by atoms with van der Waals surface area (Å²) >= 11 is 0. The second-order valence-corrected chi connectivity index (χ2v) is 6.31. The Morgan fingerprint density at radius 2 is 1.80 bits per heavy atom. The molecule has 0 aliphatic carbocycles. The summed E-state index contributed by atoms with van der Waals surface area (Å²) in [5.41, 5.74) is 1.81. The average molecular weight is 345 g/mol. The van der Waals surface area contributed by atoms with Crippen molar-refractivity contribution in [2.24, 2.45) is 4.99 Å². The number of rotatable bonds is 7. The lowest BCUT2D eigenvalue weighted by atomic mass is 10.1. The lowest BCUT2D eigenvalue weighted by Crippen LogP contribution is -2.42. The van der Waals surface area contributed by atoms with E-state index in [9.17, 15) is 4.79 Å². The zero-order chi connectivity index (χ0) is 17.9. The van der Waals surface area contributed by atoms with Crippen molar-refractivity contribution in [2.45, 2.75) is 32.7 Å². The molecular formula is C19H31N5O. The van der Waals surface area contributed by atoms with Gasteiger partial charge in [-0.25, -0.2) is 0 Å². The number of benzene rings is 1. The largest absolute Gasteiger partial charge is 0.355 e. The van der Waals surface area contributed by atoms with Crippen LogP contribution in [0.15, 0.2) is 29.3 Å². The first-order chi connectivity index (χ1) is 12.2. The molecule has 25 heavy (non-hydrogen) atoms. The number of carbonyl (C=O) groups excluding carboxylic acids is 1. The van der Waals surface area contributed by atoms with E-state index in [0.717, 1.165) is 24.6 Å². The molecule has 0 spiro atoms. The van der Waals surface area contributed by atoms with Crippen LogP contribution < -0.4 is 16.0 Å². The summed E-state index contributed by atoms with van der Waals surface area (Å²) in [5.74, 6) is 0.780. The van der Waals surface area contributed by atoms with Crippen LogP contribution in [0.5, 0.6) is 0 Å². The molecule has 0 atom stereocenters. The topological polar surface area (TPSA) is 68.8 Å². The maximum Gasteiger partial charge on any atom is 0.251 e. The second kappa shape index (κ2) is 10.7. The smallest absolute Gasteiger partial charge is 0.251 e. The Morgan fingerprint density at radius 1 is 1.08 bits per heavy atom. The first-order valence-electron chi connectivity index (χ1n) is 9.27. The van der Waals surface area contributed by atoms with Gasteiger partial charge in [0, 0.05) is 38.8 Å². The summed E-state index contributed by atoms with van der Waals surface area (Å²) in [5, 5.41) is 9.49. The number of aliphatic imine (C=N–C) groups is 1. The molecule has 1 aromatic carbocycles. The molecule has 0 bridgehead atoms. The number of piperidine rings is 1. The number of amides is 1. The fourth-order valence-electron chi connectivity index (χ4n) is 2.96. The Morgan fingerprint density at radius 3 is 2.44 bits per heavy atom. The number of nitrogens with one attached hydrogen (secondary N) is 3. The van der Waals surface area contributed by atoms with Crippen LogP contribution in [0.4, 0.5) is 0 Å². The number of nitrogens with zero attached hydrogens (tertiary/aromatic N) is 2. The van der Waals surface area contributed by atoms with Gasteiger partial charge in [-0.15, -0.1) is 0 Å². The third-order valence-corrected chi connectivity index (χ3v) is 4.41. The van der Waals surface area contributed by atoms with Crippen molar-refractivity contribution >= 4 is 11.9 Å². The van der Waals surface area contributed by atoms with E-state index in [4.69, 9.17) is 0 Å². The van der Waals surface area contributed by atoms with Crippen molar-refractivity contribution < 1.29 is 4.79 Å². The van der Waals surface area contributed by atoms with Gasteiger partial charge in [0.2, 0.25) is 0 Å². The van der Waals surface area contributed by atoms with E-state index < -0.39 is 0 Å². The van der Waals surface area contributed by atoms with Gasteiger partial charge in [0.15, 0.2) is 5.96 Å². The van der Waals surface area contributed by atoms with Gasteiger partial charge in [-0.1, -0.05) is 18.6 Å². The number of likely N-dealkylation sites (tertiary alicyclic amines) is 1. The predicted molar refractivity (Wildman–Crippen MR) is 103 cm³/mol. The molecule has 0 unspecified atom stereocenters. The zero-order valence-corrected chi connectivity index (χ0v) is 15.5. The van der Waals surface area contributed by atoms with Crippen LogP contribution in [0.25, 0.3) is 0 Å². The SMILES string of the molecule is CCNC(=O)c1ccc(CNC(=NC)NCCN2CCCCC2)cc1. The molecule has 1 amide bonds. The Kier molecular flexibility index (Phi) is 8.25. The highest BCUT2D eigenvalue weighted by Crippen LogP contribution is 2.07. The van der Waals surface area contributed by atoms with Gasteiger partial charge in [0.25, 0.3) is 5.91 Å². The zero-order valence-electron chi connectivity index (χ0n) is 15.5. The molecule has 0 aromatic heterocycles. The van der Waals surface area contributed by atoms with Crippen molar-refractivity contribution in [1.29, 1.82) is 0 Å². The van der Waals surface area contributed by atoms with E-state index in [-0.39, 0.29) is 5.91 Å². The highest BCUT2D eigenvalue weighted by Gasteiger charge is 2.09. The molecule has 0 radical (unpaired) electrons. The highest BCUT2D eigenvalue weighted by molar-refractivity contribution is 5.94. The summed E-state index contributed by atoms with van der Waals surface area (Å²) in [4.78, 5) is 18.5. The first-order valence-corrected chi connectivity index (χ1v) is 9.27. The molecule has 1 aliphatic rings. The van der Waals surface area contributed by atoms with E-state index in [1.54, 1.807) is 7.05 Å². The molecule has 6 nitrogen and oxygen atoms in total. The Bertz CT molecular complexity index is 549. The van der Waals surface area contributed by atoms with Crippen LogP contribution in [-0.4, -0.2) is 56.5 Å². The molecule has 2 rings (SSSR count). The molecule has 1 heterocycles. The maximum absolute atomic E-state index is 11.8. The molecular weight excluding hydrogens is 314 g/mol. The minimum absolute atomic E-state index is 0.0304. The second-order valence-electron chi connectivity index (χ2n) is 6.31. The highest BCUT2D eigenvalue weighted by atomic mass is 16.1. The number of hydrogen-bond donors (Lipinski definition) is 3. The fourth-order valence-corrected chi connectivity index (χ4v) is 2.96. The lowest BCUT2D eigenvalue weighted by molar-refractivity contribution is 0.0956. The third kappa shape index (κ3) is 6.74. The lowest BCUT2D eigenvalue weighted by Gasteiger charge is -2.26. The van der Waals surface area contributed by atoms with Gasteiger partial charge < -0.3 is 20.9 Å². The van der Waals surface area contributed by atoms with Crippen molar-refractivity contribution in [2.75, 3.05) is 39.8 Å². The average Bonchev–Trinajstić information content (AvgIpc) is 2.66. The van der Waals surface area contributed by atoms with E-state index in [0.29, 0.717) is 18.7 Å². The molecule has 0 saturated carbocycles. The van der Waals surface area contributed by atoms with Crippen molar-refractivity contribution in [3.05, 3.63) is 35.4 Å². The minimum Gasteiger partial charge on any atom is -0.355 e. The minimum atomic E-state index is -0.0304. The summed E-state index contributed by atoms with van der Waals surface area (Å²) in [6.45, 7) is 7.62. The molecule has 6 heteroatoms. The van der Waals surface area contributed by atoms with Crippen LogP contribution in [0.3, 0.4) is 0 Å². The molecule has 3 N–H and O–H groups in total. The maximum atomic E-state index is 11.8. The summed E-state index contributed by atoms with van der Waals surface area (Å²) in [6.07, 6.45) is 4.00. The molecule has 138 valence electrons. The van der Waals surface area contributed by atoms with Crippen LogP contribution in [-0.2, 0) is 6.54 Å². The summed E-state index contributed by atoms with van der Waals surface area (Å²) in [7, 11) is 1.79. The Labute approximate surface area is 151 Å². The van der Waals surface area contributed by atoms with Gasteiger partial charge in [-0.3, -0.25) is 9.79 Å². The van der Waals surface area contributed by atoms with Gasteiger partial charge >= 0.3 is 0 Å². The first kappa shape index (κ1) is 19.2. The van der Waals surface area contributed by atoms with Crippen LogP contribution in [0.1, 0.15) is 42.1 Å². The van der Waals surface area contributed by atoms with Crippen molar-refractivity contribution in [1.82, 2.24) is 20.9 Å². The van der Waals surface area contributed by atoms with Crippen LogP contribution in [0.2, 0.25) is 0 Å². The summed E-state index contributed by atoms with van der Waals surface area (Å²) in [6, 6.07) is 7.65. The number of carbonyl (C=O) groups is 1. The molecule has 1 aromatic rings. The third-order valence-electron chi connectivity index (χ3n) is 4.41. The quantitative estimate of drug-likeness (QED) is 0.518. The monoisotopic (exact) mass is 345 g/mol. The van der Waals surface area contributed by atoms with E-state index in [1.807, 2.05) is 31.2 Å². The van der Waals surface area contributed by atoms with E-state index >= 15 is 0 Å². The van der Waals surface area contributed by atoms with Crippen LogP contribution in [0, 0.1) is 0 Å². The Hall–Kier alpha value is -2.08. The molecule has 1 fully saturated rings. The van der Waals surface area contributed by atoms with E-state index in [2.05, 4.69) is 25.8 Å². The normalized spacial score (nSPS) is 15.7. The van der Waals surface area contributed by atoms with E-state index in [1.165, 1.54) is 32.4 Å². The van der Waals surface area contributed by atoms with Gasteiger partial charge in [0.05, 0.1) is 0 Å². The number of hydrogen-bond acceptors (Lipinski definition) is 3. The Balaban J connectivity index is 1.71. The van der Waals surface area contributed by atoms with Crippen molar-refractivity contribution in [3.63, 3.8) is 0 Å². The fraction of sp³-hybridized carbons (Fsp3) is 0.579. The van der Waals surface area contributed by atoms with Gasteiger partial charge in [0.1, 0.15) is 0 Å². The molecule has 1 aliphatic heterocycles. The van der Waals surface area contributed by atoms with Gasteiger partial charge in [-0.05, 0) is 50.6 Å². The van der Waals surface area contributed by atoms with Crippen LogP contribution >= 0.6 is 0 Å². The molecule has 1 saturated heterocycles. The standard InChI is InChI=1S/C19H31N5O/c1-3-21-18(25)17-9-7-16(8-10-17)15-23-19(20-2)22-11-14-24-12-5-4-6-13-24/h7-10H,3-6,11-15H2,1-2H3,(H,21,25)(H2,20,22,23). The summed E-state index contributed by atoms with van der Waals surface area (Å²) < 4.78 is 0. The number of guanidine groups is 1. The van der Waals surface area contributed by atoms with Crippen molar-refractivity contribution in [3.8, 4) is 0 Å². The predicted octanol–water partition coefficient (Wildman–Crippen LogP) is 1.59.